The van der Waals surface area contributed by atoms with E-state index in [1.54, 1.807) is 0 Å². The Balaban J connectivity index is 0. The first-order valence-corrected chi connectivity index (χ1v) is 19.9. The molecule has 0 aliphatic rings. The number of carbonyl (C=O) groups is 2. The SMILES string of the molecule is CCCCCCCCCC(=O)OCCCCCCC.CCCCCCCCCCCCCCCOC(=O)CCCCCCC. The Hall–Kier alpha value is -1.06. The van der Waals surface area contributed by atoms with Gasteiger partial charge in [-0.05, 0) is 25.7 Å². The van der Waals surface area contributed by atoms with E-state index in [0.29, 0.717) is 26.1 Å². The van der Waals surface area contributed by atoms with Crippen LogP contribution in [0.25, 0.3) is 0 Å². The van der Waals surface area contributed by atoms with E-state index >= 15 is 0 Å². The quantitative estimate of drug-likeness (QED) is 0.0528. The van der Waals surface area contributed by atoms with Crippen LogP contribution in [0.4, 0.5) is 0 Å². The lowest BCUT2D eigenvalue weighted by Gasteiger charge is -2.05. The Morgan fingerprint density at radius 1 is 0.295 bits per heavy atom. The van der Waals surface area contributed by atoms with Gasteiger partial charge in [-0.2, -0.15) is 0 Å². The van der Waals surface area contributed by atoms with Gasteiger partial charge in [0.1, 0.15) is 0 Å². The molecule has 0 radical (unpaired) electrons. The molecular formula is C40H80O4. The third-order valence-corrected chi connectivity index (χ3v) is 8.49. The van der Waals surface area contributed by atoms with Gasteiger partial charge < -0.3 is 9.47 Å². The van der Waals surface area contributed by atoms with Crippen molar-refractivity contribution in [1.29, 1.82) is 0 Å². The molecule has 0 aromatic rings. The zero-order chi connectivity index (χ0) is 32.6. The highest BCUT2D eigenvalue weighted by atomic mass is 16.5. The predicted octanol–water partition coefficient (Wildman–Crippen LogP) is 13.6. The average Bonchev–Trinajstić information content (AvgIpc) is 3.02. The van der Waals surface area contributed by atoms with Crippen LogP contribution in [-0.4, -0.2) is 25.2 Å². The van der Waals surface area contributed by atoms with Gasteiger partial charge in [0.25, 0.3) is 0 Å². The standard InChI is InChI=1S/C23H46O2.C17H34O2/c1-3-5-7-9-10-11-12-13-14-15-16-18-20-22-25-23(24)21-19-17-8-6-4-2;1-3-5-7-9-10-11-13-15-17(18)19-16-14-12-8-6-4-2/h3-22H2,1-2H3;3-16H2,1-2H3. The Labute approximate surface area is 277 Å². The van der Waals surface area contributed by atoms with Crippen LogP contribution in [0.3, 0.4) is 0 Å². The molecule has 0 aromatic heterocycles. The minimum Gasteiger partial charge on any atom is -0.466 e. The first-order chi connectivity index (χ1) is 21.6. The fourth-order valence-corrected chi connectivity index (χ4v) is 5.44. The number of rotatable bonds is 34. The Morgan fingerprint density at radius 3 is 0.750 bits per heavy atom. The number of esters is 2. The summed E-state index contributed by atoms with van der Waals surface area (Å²) in [5.41, 5.74) is 0. The van der Waals surface area contributed by atoms with Crippen LogP contribution in [0.5, 0.6) is 0 Å². The van der Waals surface area contributed by atoms with E-state index in [0.717, 1.165) is 25.7 Å². The van der Waals surface area contributed by atoms with Gasteiger partial charge >= 0.3 is 11.9 Å². The summed E-state index contributed by atoms with van der Waals surface area (Å²) in [6, 6.07) is 0. The molecule has 0 aliphatic heterocycles. The molecule has 44 heavy (non-hydrogen) atoms. The maximum atomic E-state index is 11.6. The summed E-state index contributed by atoms with van der Waals surface area (Å²) in [4.78, 5) is 23.0. The molecule has 0 saturated heterocycles. The highest BCUT2D eigenvalue weighted by Gasteiger charge is 2.03. The van der Waals surface area contributed by atoms with E-state index in [1.807, 2.05) is 0 Å². The minimum absolute atomic E-state index is 0.00375. The highest BCUT2D eigenvalue weighted by molar-refractivity contribution is 5.69. The molecule has 0 fully saturated rings. The van der Waals surface area contributed by atoms with Gasteiger partial charge in [0.05, 0.1) is 13.2 Å². The lowest BCUT2D eigenvalue weighted by atomic mass is 10.0. The van der Waals surface area contributed by atoms with Gasteiger partial charge in [-0.3, -0.25) is 9.59 Å². The summed E-state index contributed by atoms with van der Waals surface area (Å²) in [6.07, 6.45) is 39.6. The number of unbranched alkanes of at least 4 members (excludes halogenated alkanes) is 26. The van der Waals surface area contributed by atoms with Gasteiger partial charge in [-0.25, -0.2) is 0 Å². The van der Waals surface area contributed by atoms with E-state index in [-0.39, 0.29) is 11.9 Å². The third-order valence-electron chi connectivity index (χ3n) is 8.49. The summed E-state index contributed by atoms with van der Waals surface area (Å²) >= 11 is 0. The molecule has 0 amide bonds. The monoisotopic (exact) mass is 625 g/mol. The topological polar surface area (TPSA) is 52.6 Å². The van der Waals surface area contributed by atoms with E-state index in [4.69, 9.17) is 9.47 Å². The molecule has 0 aromatic carbocycles. The van der Waals surface area contributed by atoms with Gasteiger partial charge in [0, 0.05) is 12.8 Å². The zero-order valence-corrected chi connectivity index (χ0v) is 30.7. The number of ether oxygens (including phenoxy) is 2. The zero-order valence-electron chi connectivity index (χ0n) is 30.7. The normalized spacial score (nSPS) is 10.8. The molecule has 4 nitrogen and oxygen atoms in total. The molecule has 0 unspecified atom stereocenters. The Morgan fingerprint density at radius 2 is 0.500 bits per heavy atom. The van der Waals surface area contributed by atoms with Crippen molar-refractivity contribution in [2.75, 3.05) is 13.2 Å². The molecule has 0 aliphatic carbocycles. The minimum atomic E-state index is 0.00375. The second-order valence-corrected chi connectivity index (χ2v) is 13.1. The second kappa shape index (κ2) is 41.9. The van der Waals surface area contributed by atoms with Crippen molar-refractivity contribution in [3.8, 4) is 0 Å². The summed E-state index contributed by atoms with van der Waals surface area (Å²) in [7, 11) is 0. The summed E-state index contributed by atoms with van der Waals surface area (Å²) in [5.74, 6) is 0.0134. The molecule has 0 rings (SSSR count). The van der Waals surface area contributed by atoms with E-state index in [1.165, 1.54) is 167 Å². The molecule has 0 heterocycles. The van der Waals surface area contributed by atoms with Crippen molar-refractivity contribution < 1.29 is 19.1 Å². The lowest BCUT2D eigenvalue weighted by Crippen LogP contribution is -2.05. The molecule has 0 N–H and O–H groups in total. The molecule has 0 spiro atoms. The molecule has 4 heteroatoms. The van der Waals surface area contributed by atoms with Crippen LogP contribution in [0.15, 0.2) is 0 Å². The van der Waals surface area contributed by atoms with Crippen LogP contribution in [0, 0.1) is 0 Å². The first-order valence-electron chi connectivity index (χ1n) is 19.9. The van der Waals surface area contributed by atoms with Gasteiger partial charge in [0.15, 0.2) is 0 Å². The third kappa shape index (κ3) is 43.1. The van der Waals surface area contributed by atoms with Crippen molar-refractivity contribution in [1.82, 2.24) is 0 Å². The second-order valence-electron chi connectivity index (χ2n) is 13.1. The van der Waals surface area contributed by atoms with Crippen LogP contribution in [-0.2, 0) is 19.1 Å². The van der Waals surface area contributed by atoms with Crippen molar-refractivity contribution in [3.63, 3.8) is 0 Å². The number of hydrogen-bond acceptors (Lipinski definition) is 4. The van der Waals surface area contributed by atoms with Crippen molar-refractivity contribution in [3.05, 3.63) is 0 Å². The summed E-state index contributed by atoms with van der Waals surface area (Å²) in [5, 5.41) is 0. The number of hydrogen-bond donors (Lipinski definition) is 0. The van der Waals surface area contributed by atoms with Crippen molar-refractivity contribution in [2.45, 2.75) is 233 Å². The molecule has 0 atom stereocenters. The molecule has 264 valence electrons. The predicted molar refractivity (Wildman–Crippen MR) is 192 cm³/mol. The van der Waals surface area contributed by atoms with E-state index in [9.17, 15) is 9.59 Å². The van der Waals surface area contributed by atoms with Crippen LogP contribution in [0.2, 0.25) is 0 Å². The maximum Gasteiger partial charge on any atom is 0.305 e. The molecular weight excluding hydrogens is 544 g/mol. The number of carbonyl (C=O) groups excluding carboxylic acids is 2. The Kier molecular flexibility index (Phi) is 43.0. The van der Waals surface area contributed by atoms with Crippen LogP contribution in [0.1, 0.15) is 233 Å². The largest absolute Gasteiger partial charge is 0.466 e. The maximum absolute atomic E-state index is 11.6. The molecule has 0 bridgehead atoms. The van der Waals surface area contributed by atoms with Gasteiger partial charge in [-0.1, -0.05) is 195 Å². The van der Waals surface area contributed by atoms with Crippen LogP contribution >= 0.6 is 0 Å². The average molecular weight is 625 g/mol. The van der Waals surface area contributed by atoms with Crippen molar-refractivity contribution in [2.24, 2.45) is 0 Å². The van der Waals surface area contributed by atoms with E-state index < -0.39 is 0 Å². The fourth-order valence-electron chi connectivity index (χ4n) is 5.44. The van der Waals surface area contributed by atoms with E-state index in [2.05, 4.69) is 27.7 Å². The highest BCUT2D eigenvalue weighted by Crippen LogP contribution is 2.13. The van der Waals surface area contributed by atoms with Crippen LogP contribution < -0.4 is 0 Å². The smallest absolute Gasteiger partial charge is 0.305 e. The Bertz CT molecular complexity index is 547. The summed E-state index contributed by atoms with van der Waals surface area (Å²) in [6.45, 7) is 10.2. The fraction of sp³-hybridized carbons (Fsp3) is 0.950. The van der Waals surface area contributed by atoms with Crippen molar-refractivity contribution >= 4 is 11.9 Å². The molecule has 0 saturated carbocycles. The van der Waals surface area contributed by atoms with Gasteiger partial charge in [-0.15, -0.1) is 0 Å². The lowest BCUT2D eigenvalue weighted by molar-refractivity contribution is -0.144. The summed E-state index contributed by atoms with van der Waals surface area (Å²) < 4.78 is 10.5. The van der Waals surface area contributed by atoms with Gasteiger partial charge in [0.2, 0.25) is 0 Å². The first kappa shape index (κ1) is 45.1.